The smallest absolute Gasteiger partial charge is 0.391 e. The molecular weight excluding hydrogens is 332 g/mol. The topological polar surface area (TPSA) is 69.6 Å². The lowest BCUT2D eigenvalue weighted by atomic mass is 10.0. The van der Waals surface area contributed by atoms with Crippen LogP contribution in [-0.2, 0) is 9.59 Å². The summed E-state index contributed by atoms with van der Waals surface area (Å²) in [5.41, 5.74) is 0.454. The zero-order valence-electron chi connectivity index (χ0n) is 12.5. The predicted molar refractivity (Wildman–Crippen MR) is 75.2 cm³/mol. The minimum absolute atomic E-state index is 0.0629. The minimum atomic E-state index is -4.56. The molecule has 2 rings (SSSR count). The highest BCUT2D eigenvalue weighted by atomic mass is 19.4. The Labute approximate surface area is 135 Å². The molecule has 5 nitrogen and oxygen atoms in total. The molecule has 0 spiro atoms. The van der Waals surface area contributed by atoms with Crippen LogP contribution in [0.1, 0.15) is 24.4 Å². The molecule has 1 fully saturated rings. The van der Waals surface area contributed by atoms with Gasteiger partial charge in [-0.25, -0.2) is 4.39 Å². The molecule has 1 aliphatic heterocycles. The molecule has 1 aromatic carbocycles. The second-order valence-corrected chi connectivity index (χ2v) is 5.58. The minimum Gasteiger partial charge on any atom is -0.391 e. The van der Waals surface area contributed by atoms with Gasteiger partial charge in [-0.05, 0) is 24.1 Å². The first-order valence-corrected chi connectivity index (χ1v) is 7.22. The van der Waals surface area contributed by atoms with Gasteiger partial charge in [-0.1, -0.05) is 12.1 Å². The first-order chi connectivity index (χ1) is 11.2. The Bertz CT molecular complexity index is 621. The summed E-state index contributed by atoms with van der Waals surface area (Å²) in [6, 6.07) is 4.85. The largest absolute Gasteiger partial charge is 0.405 e. The van der Waals surface area contributed by atoms with Crippen LogP contribution in [0.15, 0.2) is 24.3 Å². The summed E-state index contributed by atoms with van der Waals surface area (Å²) in [5.74, 6) is -2.29. The second kappa shape index (κ2) is 7.16. The zero-order valence-corrected chi connectivity index (χ0v) is 12.5. The third kappa shape index (κ3) is 4.92. The highest BCUT2D eigenvalue weighted by Gasteiger charge is 2.36. The van der Waals surface area contributed by atoms with Crippen molar-refractivity contribution in [2.45, 2.75) is 31.2 Å². The average molecular weight is 348 g/mol. The second-order valence-electron chi connectivity index (χ2n) is 5.58. The van der Waals surface area contributed by atoms with Crippen molar-refractivity contribution < 1.29 is 32.3 Å². The Morgan fingerprint density at radius 3 is 2.67 bits per heavy atom. The molecule has 1 aliphatic rings. The van der Waals surface area contributed by atoms with Crippen molar-refractivity contribution in [2.75, 3.05) is 13.1 Å². The highest BCUT2D eigenvalue weighted by Crippen LogP contribution is 2.32. The Morgan fingerprint density at radius 1 is 1.33 bits per heavy atom. The lowest BCUT2D eigenvalue weighted by molar-refractivity contribution is -0.143. The SMILES string of the molecule is O=C(CC(=O)N1CC(O)CC1c1cccc(F)c1)NCC(F)(F)F. The first-order valence-electron chi connectivity index (χ1n) is 7.22. The summed E-state index contributed by atoms with van der Waals surface area (Å²) in [7, 11) is 0. The summed E-state index contributed by atoms with van der Waals surface area (Å²) in [6.45, 7) is -1.58. The summed E-state index contributed by atoms with van der Waals surface area (Å²) in [5, 5.41) is 11.4. The molecule has 9 heteroatoms. The first kappa shape index (κ1) is 18.2. The number of halogens is 4. The summed E-state index contributed by atoms with van der Waals surface area (Å²) >= 11 is 0. The third-order valence-electron chi connectivity index (χ3n) is 3.63. The number of nitrogens with one attached hydrogen (secondary N) is 1. The van der Waals surface area contributed by atoms with E-state index < -0.39 is 48.9 Å². The molecule has 0 bridgehead atoms. The van der Waals surface area contributed by atoms with E-state index in [1.165, 1.54) is 23.1 Å². The molecule has 1 aromatic rings. The van der Waals surface area contributed by atoms with Gasteiger partial charge in [0, 0.05) is 6.54 Å². The van der Waals surface area contributed by atoms with E-state index in [1.54, 1.807) is 11.4 Å². The number of amides is 2. The number of aliphatic hydroxyl groups excluding tert-OH is 1. The normalized spacial score (nSPS) is 21.0. The molecule has 2 amide bonds. The van der Waals surface area contributed by atoms with Crippen LogP contribution < -0.4 is 5.32 Å². The van der Waals surface area contributed by atoms with Gasteiger partial charge in [0.25, 0.3) is 0 Å². The van der Waals surface area contributed by atoms with E-state index in [1.807, 2.05) is 0 Å². The Kier molecular flexibility index (Phi) is 5.43. The van der Waals surface area contributed by atoms with Gasteiger partial charge in [0.05, 0.1) is 12.1 Å². The van der Waals surface area contributed by atoms with Gasteiger partial charge < -0.3 is 15.3 Å². The van der Waals surface area contributed by atoms with E-state index in [2.05, 4.69) is 0 Å². The quantitative estimate of drug-likeness (QED) is 0.640. The fraction of sp³-hybridized carbons (Fsp3) is 0.467. The number of β-amino-alcohol motifs (C(OH)–C–C–N with tert-alkyl or cyclic N) is 1. The van der Waals surface area contributed by atoms with E-state index in [0.717, 1.165) is 0 Å². The van der Waals surface area contributed by atoms with E-state index in [9.17, 15) is 32.3 Å². The van der Waals surface area contributed by atoms with Crippen LogP contribution in [0.25, 0.3) is 0 Å². The molecule has 0 aromatic heterocycles. The van der Waals surface area contributed by atoms with Gasteiger partial charge in [0.2, 0.25) is 11.8 Å². The number of likely N-dealkylation sites (tertiary alicyclic amines) is 1. The number of rotatable bonds is 4. The average Bonchev–Trinajstić information content (AvgIpc) is 2.87. The van der Waals surface area contributed by atoms with Crippen LogP contribution in [0, 0.1) is 5.82 Å². The molecule has 0 radical (unpaired) electrons. The number of aliphatic hydroxyl groups is 1. The van der Waals surface area contributed by atoms with Crippen molar-refractivity contribution in [3.63, 3.8) is 0 Å². The highest BCUT2D eigenvalue weighted by molar-refractivity contribution is 5.97. The molecular formula is C15H16F4N2O3. The summed E-state index contributed by atoms with van der Waals surface area (Å²) in [6.07, 6.45) is -6.01. The maximum absolute atomic E-state index is 13.3. The molecule has 1 heterocycles. The molecule has 0 saturated carbocycles. The van der Waals surface area contributed by atoms with Crippen LogP contribution in [0.4, 0.5) is 17.6 Å². The molecule has 2 unspecified atom stereocenters. The lowest BCUT2D eigenvalue weighted by Crippen LogP contribution is -2.39. The van der Waals surface area contributed by atoms with Crippen LogP contribution in [0.3, 0.4) is 0 Å². The van der Waals surface area contributed by atoms with Gasteiger partial charge in [0.15, 0.2) is 0 Å². The fourth-order valence-electron chi connectivity index (χ4n) is 2.62. The lowest BCUT2D eigenvalue weighted by Gasteiger charge is -2.24. The van der Waals surface area contributed by atoms with Crippen LogP contribution >= 0.6 is 0 Å². The number of carbonyl (C=O) groups is 2. The van der Waals surface area contributed by atoms with Gasteiger partial charge in [0.1, 0.15) is 18.8 Å². The maximum atomic E-state index is 13.3. The molecule has 132 valence electrons. The predicted octanol–water partition coefficient (Wildman–Crippen LogP) is 1.53. The number of carbonyl (C=O) groups excluding carboxylic acids is 2. The van der Waals surface area contributed by atoms with E-state index in [-0.39, 0.29) is 13.0 Å². The Balaban J connectivity index is 2.02. The van der Waals surface area contributed by atoms with Crippen molar-refractivity contribution in [3.05, 3.63) is 35.6 Å². The van der Waals surface area contributed by atoms with Crippen molar-refractivity contribution in [2.24, 2.45) is 0 Å². The number of benzene rings is 1. The monoisotopic (exact) mass is 348 g/mol. The number of nitrogens with zero attached hydrogens (tertiary/aromatic N) is 1. The summed E-state index contributed by atoms with van der Waals surface area (Å²) in [4.78, 5) is 24.8. The van der Waals surface area contributed by atoms with Crippen LogP contribution in [-0.4, -0.2) is 47.2 Å². The number of alkyl halides is 3. The Hall–Kier alpha value is -2.16. The van der Waals surface area contributed by atoms with Crippen molar-refractivity contribution in [3.8, 4) is 0 Å². The van der Waals surface area contributed by atoms with E-state index in [0.29, 0.717) is 5.56 Å². The van der Waals surface area contributed by atoms with E-state index in [4.69, 9.17) is 0 Å². The van der Waals surface area contributed by atoms with E-state index >= 15 is 0 Å². The standard InChI is InChI=1S/C15H16F4N2O3/c16-10-3-1-2-9(4-10)12-5-11(22)7-21(12)14(24)6-13(23)20-8-15(17,18)19/h1-4,11-12,22H,5-8H2,(H,20,23). The summed E-state index contributed by atoms with van der Waals surface area (Å²) < 4.78 is 49.5. The van der Waals surface area contributed by atoms with Crippen molar-refractivity contribution >= 4 is 11.8 Å². The number of hydrogen-bond donors (Lipinski definition) is 2. The molecule has 0 aliphatic carbocycles. The van der Waals surface area contributed by atoms with Gasteiger partial charge in [-0.2, -0.15) is 13.2 Å². The Morgan fingerprint density at radius 2 is 2.04 bits per heavy atom. The number of hydrogen-bond acceptors (Lipinski definition) is 3. The van der Waals surface area contributed by atoms with Crippen LogP contribution in [0.2, 0.25) is 0 Å². The molecule has 2 N–H and O–H groups in total. The van der Waals surface area contributed by atoms with Crippen molar-refractivity contribution in [1.82, 2.24) is 10.2 Å². The van der Waals surface area contributed by atoms with Gasteiger partial charge >= 0.3 is 6.18 Å². The fourth-order valence-corrected chi connectivity index (χ4v) is 2.62. The zero-order chi connectivity index (χ0) is 17.9. The van der Waals surface area contributed by atoms with Gasteiger partial charge in [-0.3, -0.25) is 9.59 Å². The van der Waals surface area contributed by atoms with Crippen LogP contribution in [0.5, 0.6) is 0 Å². The molecule has 24 heavy (non-hydrogen) atoms. The maximum Gasteiger partial charge on any atom is 0.405 e. The van der Waals surface area contributed by atoms with Gasteiger partial charge in [-0.15, -0.1) is 0 Å². The molecule has 2 atom stereocenters. The van der Waals surface area contributed by atoms with Crippen molar-refractivity contribution in [1.29, 1.82) is 0 Å². The molecule has 1 saturated heterocycles. The third-order valence-corrected chi connectivity index (χ3v) is 3.63.